The van der Waals surface area contributed by atoms with Crippen molar-refractivity contribution < 1.29 is 9.59 Å². The Hall–Kier alpha value is -3.46. The van der Waals surface area contributed by atoms with Crippen LogP contribution in [-0.4, -0.2) is 23.8 Å². The Bertz CT molecular complexity index is 1330. The molecule has 0 N–H and O–H groups in total. The molecule has 0 fully saturated rings. The number of carbonyl (C=O) groups is 2. The number of amides is 2. The zero-order valence-electron chi connectivity index (χ0n) is 17.2. The molecule has 30 heavy (non-hydrogen) atoms. The highest BCUT2D eigenvalue weighted by atomic mass is 16.2. The molecule has 2 atom stereocenters. The van der Waals surface area contributed by atoms with Crippen LogP contribution in [0.2, 0.25) is 0 Å². The summed E-state index contributed by atoms with van der Waals surface area (Å²) in [4.78, 5) is 27.1. The molecule has 0 radical (unpaired) electrons. The second-order valence-electron chi connectivity index (χ2n) is 8.56. The first-order valence-electron chi connectivity index (χ1n) is 10.4. The van der Waals surface area contributed by atoms with Crippen LogP contribution < -0.4 is 0 Å². The average Bonchev–Trinajstić information content (AvgIpc) is 2.78. The van der Waals surface area contributed by atoms with Crippen LogP contribution in [0, 0.1) is 0 Å². The van der Waals surface area contributed by atoms with E-state index < -0.39 is 0 Å². The zero-order valence-corrected chi connectivity index (χ0v) is 17.2. The predicted molar refractivity (Wildman–Crippen MR) is 119 cm³/mol. The van der Waals surface area contributed by atoms with Crippen molar-refractivity contribution in [2.24, 2.45) is 0 Å². The van der Waals surface area contributed by atoms with Gasteiger partial charge in [0, 0.05) is 35.4 Å². The summed E-state index contributed by atoms with van der Waals surface area (Å²) < 4.78 is 0. The van der Waals surface area contributed by atoms with E-state index in [4.69, 9.17) is 0 Å². The number of hydrogen-bond donors (Lipinski definition) is 0. The fourth-order valence-electron chi connectivity index (χ4n) is 5.54. The molecule has 4 aromatic rings. The van der Waals surface area contributed by atoms with Crippen molar-refractivity contribution in [3.05, 3.63) is 94.0 Å². The molecule has 0 aromatic heterocycles. The number of nitrogens with zero attached hydrogens (tertiary/aromatic N) is 1. The number of carbonyl (C=O) groups excluding carboxylic acids is 2. The molecule has 2 aliphatic rings. The fraction of sp³-hybridized carbons (Fsp3) is 0.185. The van der Waals surface area contributed by atoms with E-state index in [0.29, 0.717) is 11.1 Å². The van der Waals surface area contributed by atoms with Gasteiger partial charge in [0.25, 0.3) is 11.8 Å². The molecule has 146 valence electrons. The number of benzene rings is 4. The summed E-state index contributed by atoms with van der Waals surface area (Å²) >= 11 is 0. The second-order valence-corrected chi connectivity index (χ2v) is 8.56. The Morgan fingerprint density at radius 1 is 0.600 bits per heavy atom. The van der Waals surface area contributed by atoms with Crippen LogP contribution in [0.15, 0.2) is 60.7 Å². The van der Waals surface area contributed by atoms with Gasteiger partial charge in [0.2, 0.25) is 0 Å². The Balaban J connectivity index is 1.81. The monoisotopic (exact) mass is 391 g/mol. The van der Waals surface area contributed by atoms with E-state index in [2.05, 4.69) is 62.4 Å². The summed E-state index contributed by atoms with van der Waals surface area (Å²) in [6, 6.07) is 21.0. The predicted octanol–water partition coefficient (Wildman–Crippen LogP) is 5.84. The maximum atomic E-state index is 12.9. The molecule has 1 heterocycles. The Kier molecular flexibility index (Phi) is 3.36. The van der Waals surface area contributed by atoms with Crippen molar-refractivity contribution in [2.45, 2.75) is 25.7 Å². The topological polar surface area (TPSA) is 37.4 Å². The van der Waals surface area contributed by atoms with Crippen LogP contribution in [0.4, 0.5) is 0 Å². The molecule has 0 saturated heterocycles. The molecule has 0 spiro atoms. The van der Waals surface area contributed by atoms with Crippen molar-refractivity contribution in [3.63, 3.8) is 0 Å². The van der Waals surface area contributed by atoms with Crippen LogP contribution >= 0.6 is 0 Å². The standard InChI is InChI=1S/C27H21NO2/c1-14-17-8-4-6-16-7-5-9-18(23(16)17)15(2)20-11-13-22-25-21(12-10-19(14)24(20)25)26(29)28(3)27(22)30/h4-15H,1-3H3. The number of imide groups is 1. The zero-order chi connectivity index (χ0) is 20.7. The highest BCUT2D eigenvalue weighted by Crippen LogP contribution is 2.46. The fourth-order valence-corrected chi connectivity index (χ4v) is 5.54. The van der Waals surface area contributed by atoms with Crippen molar-refractivity contribution in [1.82, 2.24) is 4.90 Å². The number of rotatable bonds is 0. The smallest absolute Gasteiger partial charge is 0.261 e. The van der Waals surface area contributed by atoms with Gasteiger partial charge < -0.3 is 0 Å². The average molecular weight is 391 g/mol. The summed E-state index contributed by atoms with van der Waals surface area (Å²) in [6.45, 7) is 4.46. The summed E-state index contributed by atoms with van der Waals surface area (Å²) in [7, 11) is 1.56. The third-order valence-electron chi connectivity index (χ3n) is 7.13. The van der Waals surface area contributed by atoms with E-state index in [1.165, 1.54) is 37.9 Å². The van der Waals surface area contributed by atoms with Crippen molar-refractivity contribution >= 4 is 33.4 Å². The lowest BCUT2D eigenvalue weighted by atomic mass is 9.75. The van der Waals surface area contributed by atoms with Gasteiger partial charge in [-0.1, -0.05) is 62.4 Å². The molecule has 6 rings (SSSR count). The maximum absolute atomic E-state index is 12.9. The maximum Gasteiger partial charge on any atom is 0.261 e. The van der Waals surface area contributed by atoms with Crippen molar-refractivity contribution in [1.29, 1.82) is 0 Å². The quantitative estimate of drug-likeness (QED) is 0.353. The number of hydrogen-bond acceptors (Lipinski definition) is 2. The lowest BCUT2D eigenvalue weighted by molar-refractivity contribution is 0.0650. The summed E-state index contributed by atoms with van der Waals surface area (Å²) in [5.41, 5.74) is 6.21. The molecule has 4 aromatic carbocycles. The molecule has 2 amide bonds. The van der Waals surface area contributed by atoms with Gasteiger partial charge in [-0.25, -0.2) is 0 Å². The highest BCUT2D eigenvalue weighted by Gasteiger charge is 2.34. The minimum Gasteiger partial charge on any atom is -0.277 e. The Morgan fingerprint density at radius 2 is 1.07 bits per heavy atom. The largest absolute Gasteiger partial charge is 0.277 e. The first kappa shape index (κ1) is 17.4. The highest BCUT2D eigenvalue weighted by molar-refractivity contribution is 6.26. The summed E-state index contributed by atoms with van der Waals surface area (Å²) in [5.74, 6) is -0.146. The minimum absolute atomic E-state index is 0.148. The van der Waals surface area contributed by atoms with Gasteiger partial charge in [-0.05, 0) is 50.5 Å². The molecule has 2 unspecified atom stereocenters. The van der Waals surface area contributed by atoms with Gasteiger partial charge in [-0.2, -0.15) is 0 Å². The lowest BCUT2D eigenvalue weighted by Gasteiger charge is -2.31. The van der Waals surface area contributed by atoms with Gasteiger partial charge in [0.1, 0.15) is 0 Å². The van der Waals surface area contributed by atoms with Gasteiger partial charge in [0.15, 0.2) is 0 Å². The van der Waals surface area contributed by atoms with Gasteiger partial charge >= 0.3 is 0 Å². The van der Waals surface area contributed by atoms with Gasteiger partial charge in [-0.3, -0.25) is 14.5 Å². The first-order chi connectivity index (χ1) is 14.5. The molecule has 0 saturated carbocycles. The lowest BCUT2D eigenvalue weighted by Crippen LogP contribution is -2.37. The summed E-state index contributed by atoms with van der Waals surface area (Å²) in [5, 5.41) is 4.48. The first-order valence-corrected chi connectivity index (χ1v) is 10.4. The Morgan fingerprint density at radius 3 is 1.57 bits per heavy atom. The normalized spacial score (nSPS) is 19.9. The molecule has 1 aliphatic heterocycles. The SMILES string of the molecule is CC1c2cccc3cccc(c23)C(C)c2ccc3c4c(ccc1c24)C(=O)N(C)C3=O. The van der Waals surface area contributed by atoms with Crippen LogP contribution in [0.1, 0.15) is 68.7 Å². The van der Waals surface area contributed by atoms with Gasteiger partial charge in [0.05, 0.1) is 0 Å². The van der Waals surface area contributed by atoms with Crippen molar-refractivity contribution in [3.8, 4) is 0 Å². The molecular weight excluding hydrogens is 370 g/mol. The molecule has 3 nitrogen and oxygen atoms in total. The van der Waals surface area contributed by atoms with E-state index in [0.717, 1.165) is 10.8 Å². The van der Waals surface area contributed by atoms with E-state index in [9.17, 15) is 9.59 Å². The molecule has 0 bridgehead atoms. The third-order valence-corrected chi connectivity index (χ3v) is 7.13. The molecular formula is C27H21NO2. The van der Waals surface area contributed by atoms with Crippen molar-refractivity contribution in [2.75, 3.05) is 7.05 Å². The van der Waals surface area contributed by atoms with Crippen LogP contribution in [0.3, 0.4) is 0 Å². The van der Waals surface area contributed by atoms with Gasteiger partial charge in [-0.15, -0.1) is 0 Å². The van der Waals surface area contributed by atoms with E-state index in [-0.39, 0.29) is 23.7 Å². The second kappa shape index (κ2) is 5.79. The third kappa shape index (κ3) is 2.00. The van der Waals surface area contributed by atoms with E-state index in [1.807, 2.05) is 12.1 Å². The molecule has 1 aliphatic carbocycles. The van der Waals surface area contributed by atoms with E-state index >= 15 is 0 Å². The van der Waals surface area contributed by atoms with E-state index in [1.54, 1.807) is 7.05 Å². The van der Waals surface area contributed by atoms with Crippen LogP contribution in [0.25, 0.3) is 21.5 Å². The van der Waals surface area contributed by atoms with Crippen LogP contribution in [-0.2, 0) is 0 Å². The van der Waals surface area contributed by atoms with Crippen LogP contribution in [0.5, 0.6) is 0 Å². The minimum atomic E-state index is -0.221. The molecule has 3 heteroatoms. The summed E-state index contributed by atoms with van der Waals surface area (Å²) in [6.07, 6.45) is 0. The Labute approximate surface area is 174 Å².